The molecule has 0 saturated carbocycles. The number of rotatable bonds is 4. The molecule has 1 amide bonds. The molecule has 6 nitrogen and oxygen atoms in total. The predicted molar refractivity (Wildman–Crippen MR) is 112 cm³/mol. The fourth-order valence-corrected chi connectivity index (χ4v) is 3.41. The maximum absolute atomic E-state index is 13.7. The molecule has 1 fully saturated rings. The van der Waals surface area contributed by atoms with E-state index in [9.17, 15) is 9.18 Å². The number of benzene rings is 2. The van der Waals surface area contributed by atoms with Gasteiger partial charge in [-0.2, -0.15) is 0 Å². The van der Waals surface area contributed by atoms with Crippen LogP contribution in [0.15, 0.2) is 60.7 Å². The first-order chi connectivity index (χ1) is 14.1. The number of nitrogens with zero attached hydrogens (tertiary/aromatic N) is 4. The molecule has 0 unspecified atom stereocenters. The van der Waals surface area contributed by atoms with Gasteiger partial charge in [-0.1, -0.05) is 24.3 Å². The summed E-state index contributed by atoms with van der Waals surface area (Å²) in [4.78, 5) is 16.7. The highest BCUT2D eigenvalue weighted by Crippen LogP contribution is 2.20. The van der Waals surface area contributed by atoms with Gasteiger partial charge in [0.25, 0.3) is 5.91 Å². The molecule has 1 N–H and O–H groups in total. The molecular weight excluding hydrogens is 369 g/mol. The molecule has 0 bridgehead atoms. The van der Waals surface area contributed by atoms with Crippen LogP contribution in [0.1, 0.15) is 15.9 Å². The summed E-state index contributed by atoms with van der Waals surface area (Å²) in [6.07, 6.45) is 0. The quantitative estimate of drug-likeness (QED) is 0.738. The number of amides is 1. The lowest BCUT2D eigenvalue weighted by atomic mass is 10.2. The maximum atomic E-state index is 13.7. The lowest BCUT2D eigenvalue weighted by molar-refractivity contribution is 0.102. The van der Waals surface area contributed by atoms with E-state index in [-0.39, 0.29) is 5.56 Å². The van der Waals surface area contributed by atoms with Gasteiger partial charge in [0.1, 0.15) is 5.82 Å². The molecule has 0 radical (unpaired) electrons. The highest BCUT2D eigenvalue weighted by Gasteiger charge is 2.19. The lowest BCUT2D eigenvalue weighted by Crippen LogP contribution is -2.46. The van der Waals surface area contributed by atoms with E-state index < -0.39 is 11.7 Å². The number of carbonyl (C=O) groups is 1. The van der Waals surface area contributed by atoms with Crippen LogP contribution in [0.3, 0.4) is 0 Å². The Bertz CT molecular complexity index is 1000. The summed E-state index contributed by atoms with van der Waals surface area (Å²) in [5.74, 6) is -0.0591. The van der Waals surface area contributed by atoms with Crippen LogP contribution < -0.4 is 15.1 Å². The summed E-state index contributed by atoms with van der Waals surface area (Å²) in [6, 6.07) is 17.9. The molecule has 3 aromatic rings. The molecule has 1 aliphatic rings. The lowest BCUT2D eigenvalue weighted by Gasteiger charge is -2.36. The third-order valence-corrected chi connectivity index (χ3v) is 4.98. The Kier molecular flexibility index (Phi) is 5.37. The van der Waals surface area contributed by atoms with E-state index >= 15 is 0 Å². The van der Waals surface area contributed by atoms with Crippen LogP contribution in [0.2, 0.25) is 0 Å². The van der Waals surface area contributed by atoms with E-state index in [4.69, 9.17) is 0 Å². The van der Waals surface area contributed by atoms with Gasteiger partial charge in [0, 0.05) is 31.9 Å². The van der Waals surface area contributed by atoms with E-state index in [0.717, 1.165) is 32.0 Å². The summed E-state index contributed by atoms with van der Waals surface area (Å²) in [5, 5.41) is 10.9. The molecule has 1 aliphatic heterocycles. The Morgan fingerprint density at radius 3 is 2.38 bits per heavy atom. The Morgan fingerprint density at radius 2 is 1.69 bits per heavy atom. The molecule has 0 aliphatic carbocycles. The standard InChI is InChI=1S/C22H22FN5O/c1-16-5-4-6-17(15-16)27-11-13-28(14-12-27)21-10-9-20(25-26-21)24-22(29)18-7-2-3-8-19(18)23/h2-10,15H,11-14H2,1H3,(H,24,25,29). The minimum absolute atomic E-state index is 0.0225. The minimum Gasteiger partial charge on any atom is -0.368 e. The van der Waals surface area contributed by atoms with Gasteiger partial charge in [-0.15, -0.1) is 10.2 Å². The summed E-state index contributed by atoms with van der Waals surface area (Å²) in [6.45, 7) is 5.57. The minimum atomic E-state index is -0.568. The van der Waals surface area contributed by atoms with E-state index in [1.165, 1.54) is 23.4 Å². The third kappa shape index (κ3) is 4.34. The van der Waals surface area contributed by atoms with Gasteiger partial charge in [0.05, 0.1) is 5.56 Å². The molecule has 2 heterocycles. The van der Waals surface area contributed by atoms with E-state index in [1.807, 2.05) is 6.07 Å². The van der Waals surface area contributed by atoms with E-state index in [2.05, 4.69) is 56.5 Å². The Morgan fingerprint density at radius 1 is 0.931 bits per heavy atom. The average Bonchev–Trinajstić information content (AvgIpc) is 2.75. The van der Waals surface area contributed by atoms with Crippen molar-refractivity contribution in [2.24, 2.45) is 0 Å². The van der Waals surface area contributed by atoms with Crippen molar-refractivity contribution in [3.05, 3.63) is 77.6 Å². The monoisotopic (exact) mass is 391 g/mol. The van der Waals surface area contributed by atoms with Crippen molar-refractivity contribution < 1.29 is 9.18 Å². The topological polar surface area (TPSA) is 61.4 Å². The summed E-state index contributed by atoms with van der Waals surface area (Å²) < 4.78 is 13.7. The molecule has 7 heteroatoms. The molecular formula is C22H22FN5O. The maximum Gasteiger partial charge on any atom is 0.259 e. The van der Waals surface area contributed by atoms with Crippen molar-refractivity contribution in [3.8, 4) is 0 Å². The van der Waals surface area contributed by atoms with Crippen LogP contribution in [0.25, 0.3) is 0 Å². The number of aromatic nitrogens is 2. The largest absolute Gasteiger partial charge is 0.368 e. The first-order valence-electron chi connectivity index (χ1n) is 9.56. The summed E-state index contributed by atoms with van der Waals surface area (Å²) in [5.41, 5.74) is 2.47. The SMILES string of the molecule is Cc1cccc(N2CCN(c3ccc(NC(=O)c4ccccc4F)nn3)CC2)c1. The zero-order valence-electron chi connectivity index (χ0n) is 16.2. The molecule has 29 heavy (non-hydrogen) atoms. The van der Waals surface area contributed by atoms with Crippen molar-refractivity contribution in [1.29, 1.82) is 0 Å². The zero-order chi connectivity index (χ0) is 20.2. The number of anilines is 3. The molecule has 148 valence electrons. The van der Waals surface area contributed by atoms with Gasteiger partial charge in [0.2, 0.25) is 0 Å². The number of piperazine rings is 1. The second-order valence-corrected chi connectivity index (χ2v) is 7.02. The number of aryl methyl sites for hydroxylation is 1. The second-order valence-electron chi connectivity index (χ2n) is 7.02. The van der Waals surface area contributed by atoms with Gasteiger partial charge in [-0.05, 0) is 48.9 Å². The highest BCUT2D eigenvalue weighted by atomic mass is 19.1. The van der Waals surface area contributed by atoms with Gasteiger partial charge < -0.3 is 15.1 Å². The highest BCUT2D eigenvalue weighted by molar-refractivity contribution is 6.03. The van der Waals surface area contributed by atoms with Crippen molar-refractivity contribution in [2.75, 3.05) is 41.3 Å². The first kappa shape index (κ1) is 18.9. The second kappa shape index (κ2) is 8.26. The number of hydrogen-bond acceptors (Lipinski definition) is 5. The summed E-state index contributed by atoms with van der Waals surface area (Å²) >= 11 is 0. The Balaban J connectivity index is 1.36. The van der Waals surface area contributed by atoms with Gasteiger partial charge in [-0.25, -0.2) is 4.39 Å². The van der Waals surface area contributed by atoms with Gasteiger partial charge in [-0.3, -0.25) is 4.79 Å². The predicted octanol–water partition coefficient (Wildman–Crippen LogP) is 3.50. The van der Waals surface area contributed by atoms with Crippen LogP contribution in [-0.2, 0) is 0 Å². The van der Waals surface area contributed by atoms with Crippen LogP contribution in [-0.4, -0.2) is 42.3 Å². The van der Waals surface area contributed by atoms with Crippen molar-refractivity contribution in [3.63, 3.8) is 0 Å². The Labute approximate surface area is 169 Å². The van der Waals surface area contributed by atoms with Crippen LogP contribution in [0.4, 0.5) is 21.7 Å². The molecule has 1 aromatic heterocycles. The Hall–Kier alpha value is -3.48. The molecule has 2 aromatic carbocycles. The van der Waals surface area contributed by atoms with Crippen LogP contribution in [0.5, 0.6) is 0 Å². The van der Waals surface area contributed by atoms with Crippen LogP contribution in [0, 0.1) is 12.7 Å². The zero-order valence-corrected chi connectivity index (χ0v) is 16.2. The third-order valence-electron chi connectivity index (χ3n) is 4.98. The first-order valence-corrected chi connectivity index (χ1v) is 9.56. The number of carbonyl (C=O) groups excluding carboxylic acids is 1. The molecule has 0 spiro atoms. The average molecular weight is 391 g/mol. The molecule has 1 saturated heterocycles. The number of halogens is 1. The smallest absolute Gasteiger partial charge is 0.259 e. The van der Waals surface area contributed by atoms with E-state index in [0.29, 0.717) is 5.82 Å². The van der Waals surface area contributed by atoms with Crippen molar-refractivity contribution in [1.82, 2.24) is 10.2 Å². The fraction of sp³-hybridized carbons (Fsp3) is 0.227. The van der Waals surface area contributed by atoms with Gasteiger partial charge >= 0.3 is 0 Å². The molecule has 4 rings (SSSR count). The van der Waals surface area contributed by atoms with Gasteiger partial charge in [0.15, 0.2) is 11.6 Å². The normalized spacial score (nSPS) is 14.0. The summed E-state index contributed by atoms with van der Waals surface area (Å²) in [7, 11) is 0. The van der Waals surface area contributed by atoms with Crippen molar-refractivity contribution >= 4 is 23.2 Å². The number of hydrogen-bond donors (Lipinski definition) is 1. The number of nitrogens with one attached hydrogen (secondary N) is 1. The molecule has 0 atom stereocenters. The fourth-order valence-electron chi connectivity index (χ4n) is 3.41. The van der Waals surface area contributed by atoms with Crippen LogP contribution >= 0.6 is 0 Å². The van der Waals surface area contributed by atoms with E-state index in [1.54, 1.807) is 18.2 Å². The van der Waals surface area contributed by atoms with Crippen molar-refractivity contribution in [2.45, 2.75) is 6.92 Å².